The predicted molar refractivity (Wildman–Crippen MR) is 114 cm³/mol. The summed E-state index contributed by atoms with van der Waals surface area (Å²) in [5, 5.41) is 11.2. The number of hydrogen-bond acceptors (Lipinski definition) is 3. The van der Waals surface area contributed by atoms with Gasteiger partial charge in [-0.1, -0.05) is 6.92 Å². The van der Waals surface area contributed by atoms with Crippen molar-refractivity contribution in [2.75, 3.05) is 13.6 Å². The number of nitrogens with one attached hydrogen (secondary N) is 2. The van der Waals surface area contributed by atoms with E-state index in [1.807, 2.05) is 30.1 Å². The van der Waals surface area contributed by atoms with Crippen LogP contribution in [0.25, 0.3) is 0 Å². The smallest absolute Gasteiger partial charge is 0.191 e. The summed E-state index contributed by atoms with van der Waals surface area (Å²) in [5.74, 6) is 0.843. The Bertz CT molecular complexity index is 675. The average Bonchev–Trinajstić information content (AvgIpc) is 3.10. The van der Waals surface area contributed by atoms with Gasteiger partial charge in [0.2, 0.25) is 0 Å². The molecule has 0 atom stereocenters. The molecule has 2 N–H and O–H groups in total. The van der Waals surface area contributed by atoms with Crippen LogP contribution in [0.4, 0.5) is 0 Å². The van der Waals surface area contributed by atoms with Gasteiger partial charge < -0.3 is 10.6 Å². The number of aliphatic imine (C=N–C) groups is 1. The Kier molecular flexibility index (Phi) is 8.75. The quantitative estimate of drug-likeness (QED) is 0.395. The Morgan fingerprint density at radius 1 is 1.25 bits per heavy atom. The van der Waals surface area contributed by atoms with Gasteiger partial charge in [-0.15, -0.1) is 35.3 Å². The van der Waals surface area contributed by atoms with Crippen molar-refractivity contribution in [1.82, 2.24) is 20.4 Å². The molecule has 24 heavy (non-hydrogen) atoms. The summed E-state index contributed by atoms with van der Waals surface area (Å²) in [6.07, 6.45) is 2.05. The van der Waals surface area contributed by atoms with Crippen molar-refractivity contribution in [3.63, 3.8) is 0 Å². The fraction of sp³-hybridized carbons (Fsp3) is 0.529. The number of aryl methyl sites for hydroxylation is 3. The molecule has 7 heteroatoms. The van der Waals surface area contributed by atoms with Gasteiger partial charge in [0.05, 0.1) is 12.2 Å². The van der Waals surface area contributed by atoms with Crippen molar-refractivity contribution in [3.05, 3.63) is 38.8 Å². The van der Waals surface area contributed by atoms with E-state index in [-0.39, 0.29) is 24.0 Å². The largest absolute Gasteiger partial charge is 0.356 e. The molecular weight excluding hydrogens is 433 g/mol. The molecule has 0 bridgehead atoms. The molecule has 0 aromatic carbocycles. The lowest BCUT2D eigenvalue weighted by Gasteiger charge is -2.11. The second-order valence-corrected chi connectivity index (χ2v) is 6.85. The number of guanidine groups is 1. The molecule has 0 spiro atoms. The van der Waals surface area contributed by atoms with Crippen LogP contribution in [-0.4, -0.2) is 29.3 Å². The molecule has 0 saturated carbocycles. The first kappa shape index (κ1) is 21.0. The predicted octanol–water partition coefficient (Wildman–Crippen LogP) is 3.19. The molecule has 5 nitrogen and oxygen atoms in total. The van der Waals surface area contributed by atoms with Crippen LogP contribution >= 0.6 is 35.3 Å². The van der Waals surface area contributed by atoms with Crippen LogP contribution in [0.1, 0.15) is 33.6 Å². The molecule has 2 aromatic rings. The van der Waals surface area contributed by atoms with Gasteiger partial charge in [0.1, 0.15) is 0 Å². The maximum Gasteiger partial charge on any atom is 0.191 e. The van der Waals surface area contributed by atoms with E-state index in [0.29, 0.717) is 0 Å². The van der Waals surface area contributed by atoms with Crippen LogP contribution in [0.15, 0.2) is 17.1 Å². The van der Waals surface area contributed by atoms with Crippen molar-refractivity contribution < 1.29 is 0 Å². The first-order chi connectivity index (χ1) is 11.0. The molecule has 134 valence electrons. The minimum Gasteiger partial charge on any atom is -0.356 e. The van der Waals surface area contributed by atoms with E-state index < -0.39 is 0 Å². The van der Waals surface area contributed by atoms with Gasteiger partial charge in [0.25, 0.3) is 0 Å². The SMILES string of the molecule is CCc1ccc(CNC(=NC)NCCc2c(C)nn(C)c2C)s1.I. The highest BCUT2D eigenvalue weighted by atomic mass is 127. The Balaban J connectivity index is 0.00000288. The maximum absolute atomic E-state index is 4.46. The normalized spacial score (nSPS) is 11.3. The van der Waals surface area contributed by atoms with E-state index in [2.05, 4.69) is 53.6 Å². The zero-order valence-electron chi connectivity index (χ0n) is 15.1. The summed E-state index contributed by atoms with van der Waals surface area (Å²) in [5.41, 5.74) is 3.67. The van der Waals surface area contributed by atoms with E-state index in [4.69, 9.17) is 0 Å². The van der Waals surface area contributed by atoms with Gasteiger partial charge in [-0.05, 0) is 44.4 Å². The fourth-order valence-corrected chi connectivity index (χ4v) is 3.48. The number of aromatic nitrogens is 2. The summed E-state index contributed by atoms with van der Waals surface area (Å²) in [7, 11) is 3.80. The van der Waals surface area contributed by atoms with Gasteiger partial charge in [-0.3, -0.25) is 9.67 Å². The van der Waals surface area contributed by atoms with Crippen LogP contribution in [0.3, 0.4) is 0 Å². The van der Waals surface area contributed by atoms with Gasteiger partial charge in [0.15, 0.2) is 5.96 Å². The first-order valence-electron chi connectivity index (χ1n) is 8.06. The van der Waals surface area contributed by atoms with Crippen LogP contribution in [0, 0.1) is 13.8 Å². The third kappa shape index (κ3) is 5.47. The Labute approximate surface area is 166 Å². The number of rotatable bonds is 6. The summed E-state index contributed by atoms with van der Waals surface area (Å²) in [6, 6.07) is 4.39. The molecule has 0 unspecified atom stereocenters. The van der Waals surface area contributed by atoms with Crippen molar-refractivity contribution in [1.29, 1.82) is 0 Å². The molecule has 2 aromatic heterocycles. The van der Waals surface area contributed by atoms with E-state index in [0.717, 1.165) is 37.6 Å². The van der Waals surface area contributed by atoms with Gasteiger partial charge in [-0.2, -0.15) is 5.10 Å². The standard InChI is InChI=1S/C17H27N5S.HI/c1-6-14-7-8-15(23-14)11-20-17(18-4)19-10-9-16-12(2)21-22(5)13(16)3;/h7-8H,6,9-11H2,1-5H3,(H2,18,19,20);1H. The third-order valence-electron chi connectivity index (χ3n) is 4.05. The minimum absolute atomic E-state index is 0. The van der Waals surface area contributed by atoms with Crippen LogP contribution in [0.2, 0.25) is 0 Å². The number of halogens is 1. The van der Waals surface area contributed by atoms with Crippen LogP contribution in [-0.2, 0) is 26.4 Å². The maximum atomic E-state index is 4.46. The van der Waals surface area contributed by atoms with E-state index >= 15 is 0 Å². The monoisotopic (exact) mass is 461 g/mol. The number of nitrogens with zero attached hydrogens (tertiary/aromatic N) is 3. The van der Waals surface area contributed by atoms with Crippen molar-refractivity contribution in [2.24, 2.45) is 12.0 Å². The third-order valence-corrected chi connectivity index (χ3v) is 5.28. The highest BCUT2D eigenvalue weighted by Gasteiger charge is 2.09. The lowest BCUT2D eigenvalue weighted by Crippen LogP contribution is -2.37. The van der Waals surface area contributed by atoms with Crippen molar-refractivity contribution in [3.8, 4) is 0 Å². The topological polar surface area (TPSA) is 54.2 Å². The van der Waals surface area contributed by atoms with Gasteiger partial charge in [-0.25, -0.2) is 0 Å². The molecule has 0 saturated heterocycles. The molecule has 0 radical (unpaired) electrons. The average molecular weight is 461 g/mol. The fourth-order valence-electron chi connectivity index (χ4n) is 2.58. The number of thiophene rings is 1. The second kappa shape index (κ2) is 10.0. The Morgan fingerprint density at radius 3 is 2.50 bits per heavy atom. The molecule has 0 fully saturated rings. The molecule has 0 aliphatic rings. The van der Waals surface area contributed by atoms with Crippen LogP contribution < -0.4 is 10.6 Å². The Morgan fingerprint density at radius 2 is 1.96 bits per heavy atom. The second-order valence-electron chi connectivity index (χ2n) is 5.60. The van der Waals surface area contributed by atoms with E-state index in [9.17, 15) is 0 Å². The van der Waals surface area contributed by atoms with E-state index in [1.165, 1.54) is 21.0 Å². The zero-order chi connectivity index (χ0) is 16.8. The molecular formula is C17H28IN5S. The molecule has 2 heterocycles. The van der Waals surface area contributed by atoms with Gasteiger partial charge in [0, 0.05) is 36.1 Å². The number of hydrogen-bond donors (Lipinski definition) is 2. The highest BCUT2D eigenvalue weighted by Crippen LogP contribution is 2.16. The Hall–Kier alpha value is -1.09. The highest BCUT2D eigenvalue weighted by molar-refractivity contribution is 14.0. The molecule has 0 aliphatic carbocycles. The molecule has 0 aliphatic heterocycles. The van der Waals surface area contributed by atoms with Crippen LogP contribution in [0.5, 0.6) is 0 Å². The summed E-state index contributed by atoms with van der Waals surface area (Å²) in [4.78, 5) is 7.05. The molecule has 0 amide bonds. The first-order valence-corrected chi connectivity index (χ1v) is 8.88. The summed E-state index contributed by atoms with van der Waals surface area (Å²) < 4.78 is 1.94. The van der Waals surface area contributed by atoms with Crippen molar-refractivity contribution >= 4 is 41.3 Å². The van der Waals surface area contributed by atoms with Gasteiger partial charge >= 0.3 is 0 Å². The zero-order valence-corrected chi connectivity index (χ0v) is 18.3. The van der Waals surface area contributed by atoms with Crippen molar-refractivity contribution in [2.45, 2.75) is 40.2 Å². The summed E-state index contributed by atoms with van der Waals surface area (Å²) >= 11 is 1.86. The lowest BCUT2D eigenvalue weighted by atomic mass is 10.1. The lowest BCUT2D eigenvalue weighted by molar-refractivity contribution is 0.729. The molecule has 2 rings (SSSR count). The summed E-state index contributed by atoms with van der Waals surface area (Å²) in [6.45, 7) is 8.03. The minimum atomic E-state index is 0. The van der Waals surface area contributed by atoms with E-state index in [1.54, 1.807) is 0 Å².